The van der Waals surface area contributed by atoms with Crippen LogP contribution in [0.25, 0.3) is 44.2 Å². The number of benzene rings is 7. The fraction of sp³-hybridized carbons (Fsp3) is 0.106. The first-order valence-corrected chi connectivity index (χ1v) is 17.2. The van der Waals surface area contributed by atoms with Crippen LogP contribution in [0, 0.1) is 0 Å². The van der Waals surface area contributed by atoms with Crippen molar-refractivity contribution in [3.63, 3.8) is 0 Å². The lowest BCUT2D eigenvalue weighted by Gasteiger charge is -2.29. The van der Waals surface area contributed by atoms with Crippen LogP contribution in [0.1, 0.15) is 42.9 Å². The SMILES string of the molecule is C[C@H]1CC(C)(c2ccccc2)c2ccc(N(c3ccc(-c4ccccc4)cc3)c3ccc(-c4cccc5c4oc4ccccc45)cc3)cc21. The highest BCUT2D eigenvalue weighted by atomic mass is 16.3. The number of anilines is 3. The van der Waals surface area contributed by atoms with Crippen LogP contribution in [0.3, 0.4) is 0 Å². The summed E-state index contributed by atoms with van der Waals surface area (Å²) in [5.41, 5.74) is 14.2. The van der Waals surface area contributed by atoms with Crippen molar-refractivity contribution in [1.29, 1.82) is 0 Å². The van der Waals surface area contributed by atoms with Crippen LogP contribution in [0.2, 0.25) is 0 Å². The number of fused-ring (bicyclic) bond motifs is 4. The van der Waals surface area contributed by atoms with Crippen LogP contribution >= 0.6 is 0 Å². The van der Waals surface area contributed by atoms with E-state index in [0.29, 0.717) is 5.92 Å². The molecular formula is C47H37NO. The Kier molecular flexibility index (Phi) is 6.98. The van der Waals surface area contributed by atoms with Gasteiger partial charge in [0.2, 0.25) is 0 Å². The molecule has 1 unspecified atom stereocenters. The van der Waals surface area contributed by atoms with E-state index in [0.717, 1.165) is 50.9 Å². The molecule has 1 aromatic heterocycles. The highest BCUT2D eigenvalue weighted by Crippen LogP contribution is 2.51. The summed E-state index contributed by atoms with van der Waals surface area (Å²) in [5, 5.41) is 2.29. The minimum Gasteiger partial charge on any atom is -0.455 e. The van der Waals surface area contributed by atoms with Gasteiger partial charge in [-0.05, 0) is 88.2 Å². The van der Waals surface area contributed by atoms with Gasteiger partial charge in [-0.2, -0.15) is 0 Å². The summed E-state index contributed by atoms with van der Waals surface area (Å²) in [6.07, 6.45) is 1.10. The number of furan rings is 1. The van der Waals surface area contributed by atoms with E-state index in [2.05, 4.69) is 176 Å². The summed E-state index contributed by atoms with van der Waals surface area (Å²) >= 11 is 0. The second-order valence-corrected chi connectivity index (χ2v) is 13.7. The molecule has 0 aliphatic heterocycles. The van der Waals surface area contributed by atoms with E-state index in [1.165, 1.54) is 33.5 Å². The summed E-state index contributed by atoms with van der Waals surface area (Å²) < 4.78 is 6.39. The fourth-order valence-corrected chi connectivity index (χ4v) is 8.16. The fourth-order valence-electron chi connectivity index (χ4n) is 8.16. The first-order valence-electron chi connectivity index (χ1n) is 17.2. The van der Waals surface area contributed by atoms with Gasteiger partial charge in [0.1, 0.15) is 11.2 Å². The Labute approximate surface area is 287 Å². The maximum absolute atomic E-state index is 6.39. The smallest absolute Gasteiger partial charge is 0.143 e. The summed E-state index contributed by atoms with van der Waals surface area (Å²) in [4.78, 5) is 2.39. The monoisotopic (exact) mass is 631 g/mol. The summed E-state index contributed by atoms with van der Waals surface area (Å²) in [5.74, 6) is 0.453. The third kappa shape index (κ3) is 4.95. The van der Waals surface area contributed by atoms with E-state index in [1.807, 2.05) is 12.1 Å². The van der Waals surface area contributed by atoms with Gasteiger partial charge in [0.15, 0.2) is 0 Å². The van der Waals surface area contributed by atoms with Crippen LogP contribution in [-0.2, 0) is 5.41 Å². The summed E-state index contributed by atoms with van der Waals surface area (Å²) in [7, 11) is 0. The molecule has 9 rings (SSSR count). The Hall–Kier alpha value is -5.86. The van der Waals surface area contributed by atoms with Gasteiger partial charge in [0.25, 0.3) is 0 Å². The maximum atomic E-state index is 6.39. The molecule has 1 aliphatic carbocycles. The number of nitrogens with zero attached hydrogens (tertiary/aromatic N) is 1. The Morgan fingerprint density at radius 1 is 0.551 bits per heavy atom. The Balaban J connectivity index is 1.14. The standard InChI is InChI=1S/C47H37NO/c1-32-31-47(2,36-14-7-4-8-15-36)44-29-28-39(30-43(32)44)48(37-24-20-34(21-25-37)33-12-5-3-6-13-33)38-26-22-35(23-27-38)40-17-11-18-42-41-16-9-10-19-45(41)49-46(40)42/h3-30,32H,31H2,1-2H3/t32-,47?/m0/s1. The van der Waals surface area contributed by atoms with Gasteiger partial charge >= 0.3 is 0 Å². The molecule has 0 saturated carbocycles. The van der Waals surface area contributed by atoms with Crippen LogP contribution < -0.4 is 4.90 Å². The minimum absolute atomic E-state index is 0.00395. The lowest BCUT2D eigenvalue weighted by Crippen LogP contribution is -2.20. The Morgan fingerprint density at radius 3 is 1.88 bits per heavy atom. The van der Waals surface area contributed by atoms with Crippen LogP contribution in [0.4, 0.5) is 17.1 Å². The molecule has 0 spiro atoms. The van der Waals surface area contributed by atoms with Crippen molar-refractivity contribution >= 4 is 39.0 Å². The van der Waals surface area contributed by atoms with Gasteiger partial charge in [0, 0.05) is 38.8 Å². The van der Waals surface area contributed by atoms with Crippen molar-refractivity contribution in [2.45, 2.75) is 31.6 Å². The van der Waals surface area contributed by atoms with Gasteiger partial charge in [-0.15, -0.1) is 0 Å². The number of para-hydroxylation sites is 2. The molecule has 0 saturated heterocycles. The maximum Gasteiger partial charge on any atom is 0.143 e. The number of rotatable bonds is 6. The Morgan fingerprint density at radius 2 is 1.14 bits per heavy atom. The number of hydrogen-bond donors (Lipinski definition) is 0. The zero-order chi connectivity index (χ0) is 33.0. The summed E-state index contributed by atoms with van der Waals surface area (Å²) in [6, 6.07) is 61.3. The average Bonchev–Trinajstić information content (AvgIpc) is 3.67. The molecule has 2 nitrogen and oxygen atoms in total. The summed E-state index contributed by atoms with van der Waals surface area (Å²) in [6.45, 7) is 4.79. The van der Waals surface area contributed by atoms with Gasteiger partial charge in [-0.25, -0.2) is 0 Å². The second-order valence-electron chi connectivity index (χ2n) is 13.7. The molecule has 2 atom stereocenters. The van der Waals surface area contributed by atoms with E-state index in [1.54, 1.807) is 0 Å². The van der Waals surface area contributed by atoms with Crippen molar-refractivity contribution in [3.05, 3.63) is 187 Å². The van der Waals surface area contributed by atoms with Crippen molar-refractivity contribution in [2.24, 2.45) is 0 Å². The van der Waals surface area contributed by atoms with Crippen molar-refractivity contribution < 1.29 is 4.42 Å². The van der Waals surface area contributed by atoms with Gasteiger partial charge < -0.3 is 9.32 Å². The van der Waals surface area contributed by atoms with E-state index in [9.17, 15) is 0 Å². The van der Waals surface area contributed by atoms with Gasteiger partial charge in [0.05, 0.1) is 0 Å². The topological polar surface area (TPSA) is 16.4 Å². The molecule has 8 aromatic rings. The molecule has 0 N–H and O–H groups in total. The van der Waals surface area contributed by atoms with E-state index >= 15 is 0 Å². The highest BCUT2D eigenvalue weighted by Gasteiger charge is 2.40. The predicted octanol–water partition coefficient (Wildman–Crippen LogP) is 13.2. The van der Waals surface area contributed by atoms with E-state index in [4.69, 9.17) is 4.42 Å². The molecule has 0 radical (unpaired) electrons. The molecule has 1 heterocycles. The third-order valence-electron chi connectivity index (χ3n) is 10.6. The normalized spacial score (nSPS) is 17.0. The van der Waals surface area contributed by atoms with Crippen LogP contribution in [-0.4, -0.2) is 0 Å². The molecule has 0 fully saturated rings. The lowest BCUT2D eigenvalue weighted by molar-refractivity contribution is 0.526. The quantitative estimate of drug-likeness (QED) is 0.182. The van der Waals surface area contributed by atoms with Gasteiger partial charge in [-0.3, -0.25) is 0 Å². The molecule has 49 heavy (non-hydrogen) atoms. The molecule has 2 heteroatoms. The third-order valence-corrected chi connectivity index (χ3v) is 10.6. The van der Waals surface area contributed by atoms with Crippen molar-refractivity contribution in [2.75, 3.05) is 4.90 Å². The molecule has 1 aliphatic rings. The second kappa shape index (κ2) is 11.7. The predicted molar refractivity (Wildman–Crippen MR) is 205 cm³/mol. The molecule has 7 aromatic carbocycles. The highest BCUT2D eigenvalue weighted by molar-refractivity contribution is 6.09. The first-order chi connectivity index (χ1) is 24.1. The Bertz CT molecular complexity index is 2420. The zero-order valence-corrected chi connectivity index (χ0v) is 27.8. The molecular weight excluding hydrogens is 595 g/mol. The minimum atomic E-state index is -0.00395. The van der Waals surface area contributed by atoms with E-state index in [-0.39, 0.29) is 5.41 Å². The van der Waals surface area contributed by atoms with Gasteiger partial charge in [-0.1, -0.05) is 141 Å². The van der Waals surface area contributed by atoms with Crippen molar-refractivity contribution in [3.8, 4) is 22.3 Å². The van der Waals surface area contributed by atoms with Crippen molar-refractivity contribution in [1.82, 2.24) is 0 Å². The largest absolute Gasteiger partial charge is 0.455 e. The van der Waals surface area contributed by atoms with Crippen LogP contribution in [0.15, 0.2) is 174 Å². The molecule has 0 bridgehead atoms. The first kappa shape index (κ1) is 29.3. The zero-order valence-electron chi connectivity index (χ0n) is 27.8. The van der Waals surface area contributed by atoms with E-state index < -0.39 is 0 Å². The van der Waals surface area contributed by atoms with Crippen LogP contribution in [0.5, 0.6) is 0 Å². The lowest BCUT2D eigenvalue weighted by atomic mass is 9.77. The average molecular weight is 632 g/mol. The molecule has 236 valence electrons. The molecule has 0 amide bonds. The number of hydrogen-bond acceptors (Lipinski definition) is 2.